The molecule has 1 saturated carbocycles. The van der Waals surface area contributed by atoms with E-state index in [9.17, 15) is 19.8 Å². The summed E-state index contributed by atoms with van der Waals surface area (Å²) in [7, 11) is 0. The van der Waals surface area contributed by atoms with E-state index in [-0.39, 0.29) is 33.9 Å². The van der Waals surface area contributed by atoms with E-state index in [2.05, 4.69) is 9.97 Å². The van der Waals surface area contributed by atoms with Crippen LogP contribution in [0.5, 0.6) is 0 Å². The van der Waals surface area contributed by atoms with Crippen LogP contribution in [0.2, 0.25) is 0 Å². The van der Waals surface area contributed by atoms with Crippen molar-refractivity contribution in [3.63, 3.8) is 0 Å². The van der Waals surface area contributed by atoms with Crippen molar-refractivity contribution in [2.75, 3.05) is 0 Å². The van der Waals surface area contributed by atoms with Gasteiger partial charge in [-0.3, -0.25) is 9.97 Å². The summed E-state index contributed by atoms with van der Waals surface area (Å²) in [6, 6.07) is 11.6. The molecule has 7 heteroatoms. The van der Waals surface area contributed by atoms with Crippen molar-refractivity contribution in [1.82, 2.24) is 9.97 Å². The van der Waals surface area contributed by atoms with Gasteiger partial charge < -0.3 is 19.8 Å². The number of carbonyl (C=O) groups is 2. The van der Waals surface area contributed by atoms with E-state index in [1.54, 1.807) is 12.4 Å². The van der Waals surface area contributed by atoms with Crippen LogP contribution >= 0.6 is 0 Å². The Kier molecular flexibility index (Phi) is 7.04. The average molecular weight is 493 g/mol. The van der Waals surface area contributed by atoms with Crippen molar-refractivity contribution >= 4 is 11.9 Å². The zero-order chi connectivity index (χ0) is 16.0. The number of carbonyl (C=O) groups excluding carboxylic acids is 2. The van der Waals surface area contributed by atoms with Crippen LogP contribution in [-0.4, -0.2) is 21.9 Å². The zero-order valence-corrected chi connectivity index (χ0v) is 14.4. The van der Waals surface area contributed by atoms with Crippen molar-refractivity contribution in [2.45, 2.75) is 19.3 Å². The third-order valence-electron chi connectivity index (χ3n) is 3.58. The summed E-state index contributed by atoms with van der Waals surface area (Å²) >= 11 is 0. The summed E-state index contributed by atoms with van der Waals surface area (Å²) in [5.41, 5.74) is 0.163. The fraction of sp³-hybridized carbons (Fsp3) is 0.250. The Morgan fingerprint density at radius 3 is 1.48 bits per heavy atom. The van der Waals surface area contributed by atoms with Gasteiger partial charge in [0.2, 0.25) is 0 Å². The van der Waals surface area contributed by atoms with Crippen LogP contribution < -0.4 is 10.2 Å². The number of carboxylic acids is 2. The molecule has 0 N–H and O–H groups in total. The first kappa shape index (κ1) is 19.0. The van der Waals surface area contributed by atoms with Crippen LogP contribution in [0, 0.1) is 5.41 Å². The summed E-state index contributed by atoms with van der Waals surface area (Å²) in [5.74, 6) is -3.03. The van der Waals surface area contributed by atoms with Gasteiger partial charge in [-0.1, -0.05) is 18.6 Å². The van der Waals surface area contributed by atoms with Gasteiger partial charge in [0.25, 0.3) is 0 Å². The largest absolute Gasteiger partial charge is 2.00 e. The van der Waals surface area contributed by atoms with E-state index in [0.717, 1.165) is 11.4 Å². The minimum Gasteiger partial charge on any atom is -0.549 e. The van der Waals surface area contributed by atoms with Gasteiger partial charge in [0, 0.05) is 17.8 Å². The second-order valence-electron chi connectivity index (χ2n) is 4.94. The second-order valence-corrected chi connectivity index (χ2v) is 4.94. The molecule has 0 unspecified atom stereocenters. The fourth-order valence-corrected chi connectivity index (χ4v) is 2.05. The van der Waals surface area contributed by atoms with Crippen molar-refractivity contribution in [3.8, 4) is 11.4 Å². The second kappa shape index (κ2) is 8.53. The number of hydrogen-bond acceptors (Lipinski definition) is 6. The Labute approximate surface area is 147 Å². The van der Waals surface area contributed by atoms with Crippen LogP contribution in [0.3, 0.4) is 0 Å². The number of aliphatic carboxylic acids is 2. The summed E-state index contributed by atoms with van der Waals surface area (Å²) in [6.45, 7) is 0. The molecule has 2 heterocycles. The molecule has 1 aliphatic carbocycles. The van der Waals surface area contributed by atoms with Crippen molar-refractivity contribution in [1.29, 1.82) is 0 Å². The molecular formula is C16H14N2O4Pt. The van der Waals surface area contributed by atoms with Gasteiger partial charge in [0.1, 0.15) is 0 Å². The van der Waals surface area contributed by atoms with Gasteiger partial charge in [-0.05, 0) is 37.1 Å². The van der Waals surface area contributed by atoms with E-state index in [4.69, 9.17) is 0 Å². The molecule has 0 atom stereocenters. The number of rotatable bonds is 3. The maximum Gasteiger partial charge on any atom is 2.00 e. The predicted molar refractivity (Wildman–Crippen MR) is 73.8 cm³/mol. The molecule has 0 radical (unpaired) electrons. The van der Waals surface area contributed by atoms with Gasteiger partial charge in [0.05, 0.1) is 23.3 Å². The fourth-order valence-electron chi connectivity index (χ4n) is 2.05. The number of nitrogens with zero attached hydrogens (tertiary/aromatic N) is 2. The zero-order valence-electron chi connectivity index (χ0n) is 12.1. The average Bonchev–Trinajstić information content (AvgIpc) is 2.48. The summed E-state index contributed by atoms with van der Waals surface area (Å²) in [6.07, 6.45) is 4.46. The molecule has 2 aromatic rings. The molecule has 1 fully saturated rings. The Morgan fingerprint density at radius 2 is 1.30 bits per heavy atom. The molecule has 0 saturated heterocycles. The molecule has 2 aromatic heterocycles. The molecular weight excluding hydrogens is 479 g/mol. The first-order valence-electron chi connectivity index (χ1n) is 6.81. The monoisotopic (exact) mass is 493 g/mol. The van der Waals surface area contributed by atoms with Crippen LogP contribution in [-0.2, 0) is 30.7 Å². The summed E-state index contributed by atoms with van der Waals surface area (Å²) < 4.78 is 0. The molecule has 0 aromatic carbocycles. The number of pyridine rings is 2. The first-order chi connectivity index (χ1) is 10.6. The standard InChI is InChI=1S/C10H8N2.C6H8O4.Pt/c1-3-7-11-9(5-1)10-6-2-4-8-12-10;7-4(8)6(5(9)10)2-1-3-6;/h1-8H;1-3H2,(H,7,8)(H,9,10);/q;;+2/p-2. The summed E-state index contributed by atoms with van der Waals surface area (Å²) in [4.78, 5) is 28.8. The summed E-state index contributed by atoms with van der Waals surface area (Å²) in [5, 5.41) is 20.4. The molecule has 0 amide bonds. The number of aromatic nitrogens is 2. The van der Waals surface area contributed by atoms with E-state index in [1.165, 1.54) is 0 Å². The third-order valence-corrected chi connectivity index (χ3v) is 3.58. The predicted octanol–water partition coefficient (Wildman–Crippen LogP) is -0.202. The number of carboxylic acid groups (broad SMARTS) is 2. The van der Waals surface area contributed by atoms with E-state index in [1.807, 2.05) is 36.4 Å². The van der Waals surface area contributed by atoms with E-state index >= 15 is 0 Å². The SMILES string of the molecule is O=C([O-])C1(C(=O)[O-])CCC1.[Pt+2].c1ccc(-c2ccccn2)nc1. The Balaban J connectivity index is 0.000000224. The van der Waals surface area contributed by atoms with E-state index in [0.29, 0.717) is 6.42 Å². The Bertz CT molecular complexity index is 592. The smallest absolute Gasteiger partial charge is 0.549 e. The third kappa shape index (κ3) is 4.45. The molecule has 0 aliphatic heterocycles. The van der Waals surface area contributed by atoms with Crippen LogP contribution in [0.4, 0.5) is 0 Å². The normalized spacial score (nSPS) is 14.3. The van der Waals surface area contributed by atoms with Gasteiger partial charge in [-0.2, -0.15) is 0 Å². The van der Waals surface area contributed by atoms with Crippen molar-refractivity contribution in [3.05, 3.63) is 48.8 Å². The maximum absolute atomic E-state index is 10.2. The van der Waals surface area contributed by atoms with Gasteiger partial charge in [-0.15, -0.1) is 0 Å². The van der Waals surface area contributed by atoms with Crippen molar-refractivity contribution < 1.29 is 40.9 Å². The molecule has 3 rings (SSSR count). The maximum atomic E-state index is 10.2. The Hall–Kier alpha value is -2.07. The molecule has 0 spiro atoms. The van der Waals surface area contributed by atoms with Crippen LogP contribution in [0.25, 0.3) is 11.4 Å². The molecule has 23 heavy (non-hydrogen) atoms. The molecule has 1 aliphatic rings. The first-order valence-corrected chi connectivity index (χ1v) is 6.81. The Morgan fingerprint density at radius 1 is 0.870 bits per heavy atom. The minimum absolute atomic E-state index is 0. The van der Waals surface area contributed by atoms with Crippen LogP contribution in [0.15, 0.2) is 48.8 Å². The van der Waals surface area contributed by atoms with Crippen molar-refractivity contribution in [2.24, 2.45) is 5.41 Å². The number of hydrogen-bond donors (Lipinski definition) is 0. The van der Waals surface area contributed by atoms with Gasteiger partial charge >= 0.3 is 21.1 Å². The quantitative estimate of drug-likeness (QED) is 0.549. The van der Waals surface area contributed by atoms with Crippen LogP contribution in [0.1, 0.15) is 19.3 Å². The van der Waals surface area contributed by atoms with Gasteiger partial charge in [0.15, 0.2) is 0 Å². The van der Waals surface area contributed by atoms with E-state index < -0.39 is 17.4 Å². The molecule has 122 valence electrons. The molecule has 6 nitrogen and oxygen atoms in total. The minimum atomic E-state index is -1.67. The topological polar surface area (TPSA) is 106 Å². The molecule has 0 bridgehead atoms. The van der Waals surface area contributed by atoms with Gasteiger partial charge in [-0.25, -0.2) is 0 Å².